The van der Waals surface area contributed by atoms with Crippen LogP contribution < -0.4 is 5.32 Å². The lowest BCUT2D eigenvalue weighted by Gasteiger charge is -2.00. The smallest absolute Gasteiger partial charge is 0.359 e. The second-order valence-electron chi connectivity index (χ2n) is 3.99. The average molecular weight is 274 g/mol. The molecule has 0 spiro atoms. The molecule has 0 amide bonds. The number of hydrogen-bond acceptors (Lipinski definition) is 4. The third-order valence-electron chi connectivity index (χ3n) is 2.44. The molecule has 2 aromatic rings. The number of hydrogen-bond donors (Lipinski definition) is 1. The van der Waals surface area contributed by atoms with Gasteiger partial charge in [-0.25, -0.2) is 0 Å². The maximum absolute atomic E-state index is 12.4. The van der Waals surface area contributed by atoms with Crippen molar-refractivity contribution < 1.29 is 17.7 Å². The fourth-order valence-electron chi connectivity index (χ4n) is 1.52. The summed E-state index contributed by atoms with van der Waals surface area (Å²) < 4.78 is 43.4. The Morgan fingerprint density at radius 3 is 2.84 bits per heavy atom. The predicted octanol–water partition coefficient (Wildman–Crippen LogP) is 2.05. The first-order valence-corrected chi connectivity index (χ1v) is 5.74. The van der Waals surface area contributed by atoms with Gasteiger partial charge in [0.1, 0.15) is 6.54 Å². The van der Waals surface area contributed by atoms with Crippen molar-refractivity contribution in [3.05, 3.63) is 35.5 Å². The highest BCUT2D eigenvalue weighted by Gasteiger charge is 2.32. The minimum atomic E-state index is -4.38. The second-order valence-corrected chi connectivity index (χ2v) is 3.99. The van der Waals surface area contributed by atoms with E-state index in [-0.39, 0.29) is 6.54 Å². The van der Waals surface area contributed by atoms with Crippen LogP contribution in [-0.2, 0) is 19.3 Å². The normalized spacial score (nSPS) is 12.0. The van der Waals surface area contributed by atoms with Crippen LogP contribution in [0.5, 0.6) is 0 Å². The van der Waals surface area contributed by atoms with Gasteiger partial charge >= 0.3 is 6.18 Å². The van der Waals surface area contributed by atoms with E-state index >= 15 is 0 Å². The predicted molar refractivity (Wildman–Crippen MR) is 60.2 cm³/mol. The summed E-state index contributed by atoms with van der Waals surface area (Å²) in [5.41, 5.74) is -0.0695. The lowest BCUT2D eigenvalue weighted by Crippen LogP contribution is -2.11. The molecule has 0 atom stereocenters. The van der Waals surface area contributed by atoms with E-state index in [1.807, 2.05) is 6.92 Å². The molecule has 0 saturated heterocycles. The van der Waals surface area contributed by atoms with E-state index in [4.69, 9.17) is 4.52 Å². The first kappa shape index (κ1) is 13.6. The number of aromatic nitrogens is 3. The van der Waals surface area contributed by atoms with Crippen LogP contribution in [0.15, 0.2) is 23.0 Å². The number of nitrogens with one attached hydrogen (secondary N) is 1. The first-order valence-electron chi connectivity index (χ1n) is 5.74. The van der Waals surface area contributed by atoms with Crippen LogP contribution in [0.4, 0.5) is 13.2 Å². The van der Waals surface area contributed by atoms with E-state index < -0.39 is 11.7 Å². The highest BCUT2D eigenvalue weighted by atomic mass is 19.4. The molecule has 0 unspecified atom stereocenters. The van der Waals surface area contributed by atoms with Crippen molar-refractivity contribution >= 4 is 0 Å². The van der Waals surface area contributed by atoms with Gasteiger partial charge in [0.25, 0.3) is 0 Å². The quantitative estimate of drug-likeness (QED) is 0.906. The van der Waals surface area contributed by atoms with Crippen LogP contribution in [0.2, 0.25) is 0 Å². The van der Waals surface area contributed by atoms with Crippen molar-refractivity contribution in [3.63, 3.8) is 0 Å². The summed E-state index contributed by atoms with van der Waals surface area (Å²) in [5.74, 6) is 0.463. The van der Waals surface area contributed by atoms with Gasteiger partial charge in [-0.2, -0.15) is 18.3 Å². The monoisotopic (exact) mass is 274 g/mol. The summed E-state index contributed by atoms with van der Waals surface area (Å²) in [6, 6.07) is 1.69. The first-order chi connectivity index (χ1) is 8.99. The molecule has 2 rings (SSSR count). The maximum Gasteiger partial charge on any atom is 0.419 e. The van der Waals surface area contributed by atoms with Gasteiger partial charge in [-0.1, -0.05) is 12.1 Å². The topological polar surface area (TPSA) is 55.9 Å². The number of rotatable bonds is 5. The van der Waals surface area contributed by atoms with Crippen molar-refractivity contribution in [2.75, 3.05) is 6.54 Å². The van der Waals surface area contributed by atoms with Gasteiger partial charge in [-0.15, -0.1) is 0 Å². The molecular formula is C11H13F3N4O. The van der Waals surface area contributed by atoms with Crippen molar-refractivity contribution in [1.29, 1.82) is 0 Å². The fraction of sp³-hybridized carbons (Fsp3) is 0.455. The minimum Gasteiger partial charge on any atom is -0.359 e. The highest BCUT2D eigenvalue weighted by molar-refractivity contribution is 5.10. The summed E-state index contributed by atoms with van der Waals surface area (Å²) in [5, 5.41) is 10.5. The van der Waals surface area contributed by atoms with Crippen molar-refractivity contribution in [2.45, 2.75) is 26.2 Å². The van der Waals surface area contributed by atoms with Crippen LogP contribution in [-0.4, -0.2) is 21.5 Å². The minimum absolute atomic E-state index is 0.120. The van der Waals surface area contributed by atoms with Crippen molar-refractivity contribution in [1.82, 2.24) is 20.3 Å². The second kappa shape index (κ2) is 5.43. The molecule has 0 aliphatic heterocycles. The molecular weight excluding hydrogens is 261 g/mol. The molecule has 2 aromatic heterocycles. The van der Waals surface area contributed by atoms with Gasteiger partial charge < -0.3 is 9.84 Å². The Labute approximate surface area is 107 Å². The Bertz CT molecular complexity index is 532. The highest BCUT2D eigenvalue weighted by Crippen LogP contribution is 2.28. The van der Waals surface area contributed by atoms with Crippen LogP contribution in [0.1, 0.15) is 23.9 Å². The maximum atomic E-state index is 12.4. The molecule has 19 heavy (non-hydrogen) atoms. The largest absolute Gasteiger partial charge is 0.419 e. The van der Waals surface area contributed by atoms with Gasteiger partial charge in [0.15, 0.2) is 5.76 Å². The number of nitrogens with zero attached hydrogens (tertiary/aromatic N) is 3. The molecule has 5 nitrogen and oxygen atoms in total. The van der Waals surface area contributed by atoms with E-state index in [2.05, 4.69) is 15.6 Å². The molecule has 8 heteroatoms. The Morgan fingerprint density at radius 1 is 1.42 bits per heavy atom. The molecule has 2 heterocycles. The molecule has 0 aliphatic rings. The summed E-state index contributed by atoms with van der Waals surface area (Å²) >= 11 is 0. The lowest BCUT2D eigenvalue weighted by molar-refractivity contribution is -0.137. The molecule has 0 aliphatic carbocycles. The molecule has 0 bridgehead atoms. The number of alkyl halides is 3. The van der Waals surface area contributed by atoms with Gasteiger partial charge in [0, 0.05) is 18.8 Å². The SMILES string of the molecule is CCNCc1cc(Cn2cc(C(F)(F)F)cn2)on1. The summed E-state index contributed by atoms with van der Waals surface area (Å²) in [6.07, 6.45) is -2.65. The standard InChI is InChI=1S/C11H13F3N4O/c1-2-15-5-9-3-10(19-17-9)7-18-6-8(4-16-18)11(12,13)14/h3-4,6,15H,2,5,7H2,1H3. The van der Waals surface area contributed by atoms with E-state index in [9.17, 15) is 13.2 Å². The fourth-order valence-corrected chi connectivity index (χ4v) is 1.52. The summed E-state index contributed by atoms with van der Waals surface area (Å²) in [6.45, 7) is 3.45. The third kappa shape index (κ3) is 3.57. The molecule has 0 aromatic carbocycles. The molecule has 0 radical (unpaired) electrons. The van der Waals surface area contributed by atoms with Gasteiger partial charge in [-0.05, 0) is 6.54 Å². The number of halogens is 3. The van der Waals surface area contributed by atoms with E-state index in [1.54, 1.807) is 6.07 Å². The molecule has 1 N–H and O–H groups in total. The van der Waals surface area contributed by atoms with Crippen molar-refractivity contribution in [3.8, 4) is 0 Å². The zero-order valence-corrected chi connectivity index (χ0v) is 10.2. The van der Waals surface area contributed by atoms with Gasteiger partial charge in [0.05, 0.1) is 17.5 Å². The summed E-state index contributed by atoms with van der Waals surface area (Å²) in [7, 11) is 0. The van der Waals surface area contributed by atoms with Crippen LogP contribution in [0.3, 0.4) is 0 Å². The lowest BCUT2D eigenvalue weighted by atomic mass is 10.3. The molecule has 0 fully saturated rings. The van der Waals surface area contributed by atoms with E-state index in [1.165, 1.54) is 4.68 Å². The van der Waals surface area contributed by atoms with Crippen LogP contribution in [0.25, 0.3) is 0 Å². The Morgan fingerprint density at radius 2 is 2.21 bits per heavy atom. The average Bonchev–Trinajstić information content (AvgIpc) is 2.95. The molecule has 0 saturated carbocycles. The molecule has 104 valence electrons. The van der Waals surface area contributed by atoms with Crippen LogP contribution >= 0.6 is 0 Å². The zero-order valence-electron chi connectivity index (χ0n) is 10.2. The van der Waals surface area contributed by atoms with E-state index in [0.29, 0.717) is 18.0 Å². The zero-order chi connectivity index (χ0) is 13.9. The van der Waals surface area contributed by atoms with E-state index in [0.717, 1.165) is 18.9 Å². The van der Waals surface area contributed by atoms with Crippen LogP contribution in [0, 0.1) is 0 Å². The Hall–Kier alpha value is -1.83. The summed E-state index contributed by atoms with van der Waals surface area (Å²) in [4.78, 5) is 0. The van der Waals surface area contributed by atoms with Crippen molar-refractivity contribution in [2.24, 2.45) is 0 Å². The van der Waals surface area contributed by atoms with Gasteiger partial charge in [0.2, 0.25) is 0 Å². The Balaban J connectivity index is 2.01. The van der Waals surface area contributed by atoms with Gasteiger partial charge in [-0.3, -0.25) is 4.68 Å². The Kier molecular flexibility index (Phi) is 3.89. The third-order valence-corrected chi connectivity index (χ3v) is 2.44.